The molecule has 0 unspecified atom stereocenters. The summed E-state index contributed by atoms with van der Waals surface area (Å²) in [7, 11) is -1.59. The maximum atomic E-state index is 12.6. The van der Waals surface area contributed by atoms with E-state index in [0.717, 1.165) is 36.0 Å². The highest BCUT2D eigenvalue weighted by molar-refractivity contribution is 7.89. The first kappa shape index (κ1) is 15.5. The highest BCUT2D eigenvalue weighted by Gasteiger charge is 2.36. The van der Waals surface area contributed by atoms with Crippen molar-refractivity contribution in [2.45, 2.75) is 57.0 Å². The van der Waals surface area contributed by atoms with Gasteiger partial charge in [-0.3, -0.25) is 0 Å². The third-order valence-electron chi connectivity index (χ3n) is 4.19. The maximum Gasteiger partial charge on any atom is 0.241 e. The summed E-state index contributed by atoms with van der Waals surface area (Å²) in [6.07, 6.45) is 2.93. The third-order valence-corrected chi connectivity index (χ3v) is 5.95. The van der Waals surface area contributed by atoms with Crippen LogP contribution in [0.4, 0.5) is 0 Å². The molecule has 0 atom stereocenters. The van der Waals surface area contributed by atoms with E-state index in [1.165, 1.54) is 0 Å². The minimum atomic E-state index is -3.45. The molecule has 20 heavy (non-hydrogen) atoms. The molecular formula is C15H24N2O2S. The summed E-state index contributed by atoms with van der Waals surface area (Å²) in [5.74, 6) is 0. The van der Waals surface area contributed by atoms with Crippen molar-refractivity contribution in [1.29, 1.82) is 0 Å². The Hall–Kier alpha value is -0.910. The number of sulfonamides is 1. The highest BCUT2D eigenvalue weighted by atomic mass is 32.2. The lowest BCUT2D eigenvalue weighted by Crippen LogP contribution is -2.50. The van der Waals surface area contributed by atoms with Gasteiger partial charge in [0.1, 0.15) is 0 Å². The van der Waals surface area contributed by atoms with Crippen molar-refractivity contribution in [3.8, 4) is 0 Å². The lowest BCUT2D eigenvalue weighted by atomic mass is 9.80. The van der Waals surface area contributed by atoms with Crippen LogP contribution in [0.25, 0.3) is 0 Å². The van der Waals surface area contributed by atoms with Gasteiger partial charge >= 0.3 is 0 Å². The van der Waals surface area contributed by atoms with Crippen LogP contribution in [-0.2, 0) is 16.6 Å². The standard InChI is InChI=1S/C15H24N2O2S/c1-11-8-13(10-16-4)9-14(12(11)2)20(18,19)17-15(3)6-5-7-15/h8-9,16-17H,5-7,10H2,1-4H3. The SMILES string of the molecule is CNCc1cc(C)c(C)c(S(=O)(=O)NC2(C)CCC2)c1. The highest BCUT2D eigenvalue weighted by Crippen LogP contribution is 2.33. The summed E-state index contributed by atoms with van der Waals surface area (Å²) < 4.78 is 28.2. The van der Waals surface area contributed by atoms with E-state index in [4.69, 9.17) is 0 Å². The van der Waals surface area contributed by atoms with Crippen molar-refractivity contribution in [2.75, 3.05) is 7.05 Å². The van der Waals surface area contributed by atoms with Crippen molar-refractivity contribution < 1.29 is 8.42 Å². The molecule has 0 heterocycles. The summed E-state index contributed by atoms with van der Waals surface area (Å²) in [4.78, 5) is 0.413. The number of nitrogens with one attached hydrogen (secondary N) is 2. The van der Waals surface area contributed by atoms with Gasteiger partial charge < -0.3 is 5.32 Å². The van der Waals surface area contributed by atoms with Crippen molar-refractivity contribution in [3.05, 3.63) is 28.8 Å². The molecule has 112 valence electrons. The first-order valence-electron chi connectivity index (χ1n) is 7.06. The Kier molecular flexibility index (Phi) is 4.23. The van der Waals surface area contributed by atoms with E-state index in [-0.39, 0.29) is 5.54 Å². The van der Waals surface area contributed by atoms with Crippen molar-refractivity contribution >= 4 is 10.0 Å². The van der Waals surface area contributed by atoms with Gasteiger partial charge in [0.05, 0.1) is 4.90 Å². The van der Waals surface area contributed by atoms with Gasteiger partial charge in [-0.05, 0) is 69.8 Å². The molecule has 0 radical (unpaired) electrons. The molecule has 0 spiro atoms. The van der Waals surface area contributed by atoms with E-state index < -0.39 is 10.0 Å². The Balaban J connectivity index is 2.39. The molecule has 0 aromatic heterocycles. The normalized spacial score (nSPS) is 17.8. The topological polar surface area (TPSA) is 58.2 Å². The predicted octanol–water partition coefficient (Wildman–Crippen LogP) is 2.24. The zero-order chi connectivity index (χ0) is 15.0. The number of benzene rings is 1. The smallest absolute Gasteiger partial charge is 0.241 e. The van der Waals surface area contributed by atoms with E-state index >= 15 is 0 Å². The fourth-order valence-electron chi connectivity index (χ4n) is 2.67. The first-order valence-corrected chi connectivity index (χ1v) is 8.54. The van der Waals surface area contributed by atoms with Gasteiger partial charge in [0.15, 0.2) is 0 Å². The van der Waals surface area contributed by atoms with E-state index in [1.807, 2.05) is 33.9 Å². The molecule has 1 aliphatic rings. The second-order valence-corrected chi connectivity index (χ2v) is 7.74. The van der Waals surface area contributed by atoms with E-state index in [1.54, 1.807) is 6.07 Å². The molecule has 1 aliphatic carbocycles. The predicted molar refractivity (Wildman–Crippen MR) is 81.3 cm³/mol. The number of rotatable bonds is 5. The van der Waals surface area contributed by atoms with Crippen LogP contribution in [0.1, 0.15) is 42.9 Å². The molecule has 0 bridgehead atoms. The second kappa shape index (κ2) is 5.47. The quantitative estimate of drug-likeness (QED) is 0.876. The van der Waals surface area contributed by atoms with Crippen LogP contribution in [0, 0.1) is 13.8 Å². The summed E-state index contributed by atoms with van der Waals surface area (Å²) in [6, 6.07) is 3.82. The van der Waals surface area contributed by atoms with Gasteiger partial charge in [0, 0.05) is 12.1 Å². The fourth-order valence-corrected chi connectivity index (χ4v) is 4.51. The Labute approximate surface area is 122 Å². The van der Waals surface area contributed by atoms with Crippen molar-refractivity contribution in [1.82, 2.24) is 10.0 Å². The molecule has 1 aromatic rings. The molecular weight excluding hydrogens is 272 g/mol. The lowest BCUT2D eigenvalue weighted by Gasteiger charge is -2.38. The average Bonchev–Trinajstić information content (AvgIpc) is 2.31. The number of hydrogen-bond donors (Lipinski definition) is 2. The van der Waals surface area contributed by atoms with E-state index in [0.29, 0.717) is 11.4 Å². The summed E-state index contributed by atoms with van der Waals surface area (Å²) in [6.45, 7) is 6.48. The number of hydrogen-bond acceptors (Lipinski definition) is 3. The minimum Gasteiger partial charge on any atom is -0.316 e. The van der Waals surface area contributed by atoms with Gasteiger partial charge in [-0.2, -0.15) is 0 Å². The van der Waals surface area contributed by atoms with Crippen LogP contribution in [0.3, 0.4) is 0 Å². The van der Waals surface area contributed by atoms with Gasteiger partial charge in [-0.1, -0.05) is 6.07 Å². The molecule has 2 rings (SSSR count). The Morgan fingerprint density at radius 3 is 2.40 bits per heavy atom. The Morgan fingerprint density at radius 2 is 1.90 bits per heavy atom. The summed E-state index contributed by atoms with van der Waals surface area (Å²) in [5, 5.41) is 3.06. The monoisotopic (exact) mass is 296 g/mol. The van der Waals surface area contributed by atoms with Crippen molar-refractivity contribution in [2.24, 2.45) is 0 Å². The molecule has 1 aromatic carbocycles. The molecule has 0 amide bonds. The van der Waals surface area contributed by atoms with Crippen LogP contribution >= 0.6 is 0 Å². The maximum absolute atomic E-state index is 12.6. The zero-order valence-electron chi connectivity index (χ0n) is 12.7. The summed E-state index contributed by atoms with van der Waals surface area (Å²) in [5.41, 5.74) is 2.57. The minimum absolute atomic E-state index is 0.266. The van der Waals surface area contributed by atoms with Gasteiger partial charge in [0.25, 0.3) is 0 Å². The summed E-state index contributed by atoms with van der Waals surface area (Å²) >= 11 is 0. The zero-order valence-corrected chi connectivity index (χ0v) is 13.5. The second-order valence-electron chi connectivity index (χ2n) is 6.09. The van der Waals surface area contributed by atoms with Crippen LogP contribution in [0.15, 0.2) is 17.0 Å². The van der Waals surface area contributed by atoms with Crippen molar-refractivity contribution in [3.63, 3.8) is 0 Å². The molecule has 0 aliphatic heterocycles. The van der Waals surface area contributed by atoms with Crippen LogP contribution in [-0.4, -0.2) is 21.0 Å². The first-order chi connectivity index (χ1) is 9.27. The van der Waals surface area contributed by atoms with E-state index in [9.17, 15) is 8.42 Å². The largest absolute Gasteiger partial charge is 0.316 e. The third kappa shape index (κ3) is 3.05. The lowest BCUT2D eigenvalue weighted by molar-refractivity contribution is 0.248. The fraction of sp³-hybridized carbons (Fsp3) is 0.600. The molecule has 1 fully saturated rings. The van der Waals surface area contributed by atoms with Gasteiger partial charge in [0.2, 0.25) is 10.0 Å². The molecule has 2 N–H and O–H groups in total. The van der Waals surface area contributed by atoms with E-state index in [2.05, 4.69) is 10.0 Å². The molecule has 0 saturated heterocycles. The molecule has 1 saturated carbocycles. The van der Waals surface area contributed by atoms with Gasteiger partial charge in [-0.25, -0.2) is 13.1 Å². The number of aryl methyl sites for hydroxylation is 1. The Morgan fingerprint density at radius 1 is 1.25 bits per heavy atom. The van der Waals surface area contributed by atoms with Gasteiger partial charge in [-0.15, -0.1) is 0 Å². The Bertz CT molecular complexity index is 605. The van der Waals surface area contributed by atoms with Crippen LogP contribution < -0.4 is 10.0 Å². The van der Waals surface area contributed by atoms with Crippen LogP contribution in [0.2, 0.25) is 0 Å². The molecule has 4 nitrogen and oxygen atoms in total. The average molecular weight is 296 g/mol. The van der Waals surface area contributed by atoms with Crippen LogP contribution in [0.5, 0.6) is 0 Å². The molecule has 5 heteroatoms.